The van der Waals surface area contributed by atoms with Crippen molar-refractivity contribution in [3.8, 4) is 0 Å². The molecule has 3 atom stereocenters. The molecule has 0 aromatic heterocycles. The highest BCUT2D eigenvalue weighted by Gasteiger charge is 2.60. The molecule has 0 bridgehead atoms. The van der Waals surface area contributed by atoms with E-state index in [1.54, 1.807) is 0 Å². The third kappa shape index (κ3) is 2.99. The first-order valence-electron chi connectivity index (χ1n) is 8.52. The van der Waals surface area contributed by atoms with Crippen LogP contribution in [0.3, 0.4) is 0 Å². The Kier molecular flexibility index (Phi) is 4.88. The minimum atomic E-state index is -1.29. The molecule has 5 heteroatoms. The van der Waals surface area contributed by atoms with Gasteiger partial charge in [0.15, 0.2) is 5.41 Å². The smallest absolute Gasteiger partial charge is 0.323 e. The zero-order valence-electron chi connectivity index (χ0n) is 15.7. The van der Waals surface area contributed by atoms with E-state index in [-0.39, 0.29) is 23.9 Å². The van der Waals surface area contributed by atoms with Crippen molar-refractivity contribution >= 4 is 11.9 Å². The third-order valence-corrected chi connectivity index (χ3v) is 5.74. The summed E-state index contributed by atoms with van der Waals surface area (Å²) in [5, 5.41) is 0. The van der Waals surface area contributed by atoms with Crippen LogP contribution in [0.15, 0.2) is 12.2 Å². The van der Waals surface area contributed by atoms with Crippen molar-refractivity contribution in [1.82, 2.24) is 0 Å². The fourth-order valence-corrected chi connectivity index (χ4v) is 4.24. The van der Waals surface area contributed by atoms with E-state index < -0.39 is 23.0 Å². The zero-order chi connectivity index (χ0) is 18.3. The van der Waals surface area contributed by atoms with Crippen molar-refractivity contribution in [1.29, 1.82) is 0 Å². The molecule has 1 saturated carbocycles. The van der Waals surface area contributed by atoms with Crippen LogP contribution in [-0.4, -0.2) is 37.9 Å². The number of carbonyl (C=O) groups is 2. The molecule has 0 radical (unpaired) electrons. The Bertz CT molecular complexity index is 528. The van der Waals surface area contributed by atoms with Crippen LogP contribution >= 0.6 is 0 Å². The number of hydrogen-bond acceptors (Lipinski definition) is 5. The van der Waals surface area contributed by atoms with Crippen LogP contribution in [0.5, 0.6) is 0 Å². The summed E-state index contributed by atoms with van der Waals surface area (Å²) in [5.74, 6) is -1.16. The van der Waals surface area contributed by atoms with Gasteiger partial charge in [0, 0.05) is 5.92 Å². The first-order valence-corrected chi connectivity index (χ1v) is 8.52. The molecule has 0 N–H and O–H groups in total. The summed E-state index contributed by atoms with van der Waals surface area (Å²) in [6.07, 6.45) is 2.60. The molecule has 2 aliphatic rings. The molecule has 1 heterocycles. The predicted octanol–water partition coefficient (Wildman–Crippen LogP) is 3.27. The van der Waals surface area contributed by atoms with Crippen LogP contribution in [0.2, 0.25) is 0 Å². The van der Waals surface area contributed by atoms with Gasteiger partial charge in [-0.15, -0.1) is 0 Å². The van der Waals surface area contributed by atoms with Crippen molar-refractivity contribution in [2.24, 2.45) is 16.7 Å². The van der Waals surface area contributed by atoms with Gasteiger partial charge in [-0.05, 0) is 38.0 Å². The molecule has 0 aromatic rings. The van der Waals surface area contributed by atoms with E-state index in [1.165, 1.54) is 14.2 Å². The Morgan fingerprint density at radius 3 is 2.17 bits per heavy atom. The second-order valence-corrected chi connectivity index (χ2v) is 8.48. The summed E-state index contributed by atoms with van der Waals surface area (Å²) in [4.78, 5) is 24.7. The summed E-state index contributed by atoms with van der Waals surface area (Å²) < 4.78 is 16.2. The van der Waals surface area contributed by atoms with E-state index in [9.17, 15) is 9.59 Å². The van der Waals surface area contributed by atoms with E-state index >= 15 is 0 Å². The number of esters is 2. The summed E-state index contributed by atoms with van der Waals surface area (Å²) in [7, 11) is 2.60. The van der Waals surface area contributed by atoms with Gasteiger partial charge in [0.25, 0.3) is 0 Å². The van der Waals surface area contributed by atoms with Crippen molar-refractivity contribution in [3.63, 3.8) is 0 Å². The van der Waals surface area contributed by atoms with Gasteiger partial charge in [0.2, 0.25) is 0 Å². The highest BCUT2D eigenvalue weighted by Crippen LogP contribution is 2.55. The minimum absolute atomic E-state index is 0.0550. The number of hydrogen-bond donors (Lipinski definition) is 0. The quantitative estimate of drug-likeness (QED) is 0.449. The van der Waals surface area contributed by atoms with Crippen LogP contribution in [0.25, 0.3) is 0 Å². The van der Waals surface area contributed by atoms with Gasteiger partial charge in [0.05, 0.1) is 25.9 Å². The molecule has 1 saturated heterocycles. The van der Waals surface area contributed by atoms with Gasteiger partial charge >= 0.3 is 11.9 Å². The van der Waals surface area contributed by atoms with Crippen molar-refractivity contribution < 1.29 is 23.8 Å². The van der Waals surface area contributed by atoms with Gasteiger partial charge in [-0.2, -0.15) is 0 Å². The van der Waals surface area contributed by atoms with E-state index in [0.29, 0.717) is 6.42 Å². The summed E-state index contributed by atoms with van der Waals surface area (Å²) in [5.41, 5.74) is -0.793. The molecule has 1 aliphatic heterocycles. The largest absolute Gasteiger partial charge is 0.468 e. The van der Waals surface area contributed by atoms with Crippen LogP contribution in [0.1, 0.15) is 53.4 Å². The lowest BCUT2D eigenvalue weighted by Crippen LogP contribution is -2.42. The Morgan fingerprint density at radius 2 is 1.75 bits per heavy atom. The summed E-state index contributed by atoms with van der Waals surface area (Å²) >= 11 is 0. The number of methoxy groups -OCH3 is 2. The van der Waals surface area contributed by atoms with Crippen molar-refractivity contribution in [2.45, 2.75) is 65.1 Å². The molecule has 24 heavy (non-hydrogen) atoms. The average molecular weight is 338 g/mol. The molecule has 0 unspecified atom stereocenters. The Labute approximate surface area is 144 Å². The molecule has 0 spiro atoms. The highest BCUT2D eigenvalue weighted by molar-refractivity contribution is 6.01. The summed E-state index contributed by atoms with van der Waals surface area (Å²) in [6, 6.07) is 0. The SMILES string of the molecule is C=C1CC(C(=O)OC)(C(=O)OC)C[C@@H]1[C@]1(C)CC[C@@H](C(C)(C)C)O1. The maximum atomic E-state index is 12.4. The molecule has 0 aromatic carbocycles. The predicted molar refractivity (Wildman–Crippen MR) is 90.3 cm³/mol. The Balaban J connectivity index is 2.29. The minimum Gasteiger partial charge on any atom is -0.468 e. The van der Waals surface area contributed by atoms with E-state index in [2.05, 4.69) is 34.3 Å². The molecular weight excluding hydrogens is 308 g/mol. The summed E-state index contributed by atoms with van der Waals surface area (Å²) in [6.45, 7) is 12.7. The molecule has 0 amide bonds. The number of carbonyl (C=O) groups excluding carboxylic acids is 2. The molecule has 136 valence electrons. The second-order valence-electron chi connectivity index (χ2n) is 8.48. The van der Waals surface area contributed by atoms with Gasteiger partial charge in [-0.1, -0.05) is 32.9 Å². The van der Waals surface area contributed by atoms with Crippen LogP contribution in [0.4, 0.5) is 0 Å². The molecular formula is C19H30O5. The van der Waals surface area contributed by atoms with E-state index in [4.69, 9.17) is 14.2 Å². The van der Waals surface area contributed by atoms with Gasteiger partial charge in [0.1, 0.15) is 0 Å². The first kappa shape index (κ1) is 19.0. The maximum absolute atomic E-state index is 12.4. The molecule has 2 fully saturated rings. The monoisotopic (exact) mass is 338 g/mol. The van der Waals surface area contributed by atoms with Gasteiger partial charge < -0.3 is 14.2 Å². The van der Waals surface area contributed by atoms with E-state index in [0.717, 1.165) is 18.4 Å². The second kappa shape index (κ2) is 6.17. The highest BCUT2D eigenvalue weighted by atomic mass is 16.5. The van der Waals surface area contributed by atoms with Gasteiger partial charge in [-0.3, -0.25) is 9.59 Å². The lowest BCUT2D eigenvalue weighted by molar-refractivity contribution is -0.169. The molecule has 2 rings (SSSR count). The lowest BCUT2D eigenvalue weighted by atomic mass is 9.79. The van der Waals surface area contributed by atoms with Crippen molar-refractivity contribution in [2.75, 3.05) is 14.2 Å². The van der Waals surface area contributed by atoms with Crippen LogP contribution in [0, 0.1) is 16.7 Å². The van der Waals surface area contributed by atoms with Crippen molar-refractivity contribution in [3.05, 3.63) is 12.2 Å². The Morgan fingerprint density at radius 1 is 1.21 bits per heavy atom. The maximum Gasteiger partial charge on any atom is 0.323 e. The third-order valence-electron chi connectivity index (χ3n) is 5.74. The standard InChI is InChI=1S/C19H30O5/c1-12-10-19(15(20)22-6,16(21)23-7)11-13(12)18(5)9-8-14(24-18)17(2,3)4/h13-14H,1,8-11H2,2-7H3/t13-,14-,18-/m0/s1. The topological polar surface area (TPSA) is 61.8 Å². The zero-order valence-corrected chi connectivity index (χ0v) is 15.7. The number of ether oxygens (including phenoxy) is 3. The molecule has 1 aliphatic carbocycles. The average Bonchev–Trinajstić information content (AvgIpc) is 3.08. The van der Waals surface area contributed by atoms with Crippen LogP contribution in [-0.2, 0) is 23.8 Å². The lowest BCUT2D eigenvalue weighted by Gasteiger charge is -2.36. The Hall–Kier alpha value is -1.36. The normalized spacial score (nSPS) is 32.7. The first-order chi connectivity index (χ1) is 11.0. The van der Waals surface area contributed by atoms with Gasteiger partial charge in [-0.25, -0.2) is 0 Å². The van der Waals surface area contributed by atoms with Crippen LogP contribution < -0.4 is 0 Å². The molecule has 5 nitrogen and oxygen atoms in total. The fraction of sp³-hybridized carbons (Fsp3) is 0.789. The van der Waals surface area contributed by atoms with E-state index in [1.807, 2.05) is 0 Å². The fourth-order valence-electron chi connectivity index (χ4n) is 4.24. The number of rotatable bonds is 3.